The zero-order valence-electron chi connectivity index (χ0n) is 11.5. The Hall–Kier alpha value is -1.23. The van der Waals surface area contributed by atoms with Gasteiger partial charge in [0, 0.05) is 18.8 Å². The first-order valence-corrected chi connectivity index (χ1v) is 8.03. The average Bonchev–Trinajstić information content (AvgIpc) is 2.24. The summed E-state index contributed by atoms with van der Waals surface area (Å²) in [6.07, 6.45) is 2.17. The Kier molecular flexibility index (Phi) is 4.62. The van der Waals surface area contributed by atoms with Gasteiger partial charge < -0.3 is 10.6 Å². The van der Waals surface area contributed by atoms with E-state index in [1.165, 1.54) is 6.26 Å². The Morgan fingerprint density at radius 1 is 1.33 bits per heavy atom. The maximum Gasteiger partial charge on any atom is 0.177 e. The number of para-hydroxylation sites is 1. The third-order valence-corrected chi connectivity index (χ3v) is 3.99. The van der Waals surface area contributed by atoms with Crippen molar-refractivity contribution in [2.45, 2.75) is 38.1 Å². The number of hydrogen-bond acceptors (Lipinski definition) is 4. The van der Waals surface area contributed by atoms with E-state index in [0.717, 1.165) is 18.7 Å². The molecule has 102 valence electrons. The van der Waals surface area contributed by atoms with E-state index in [4.69, 9.17) is 5.73 Å². The summed E-state index contributed by atoms with van der Waals surface area (Å²) in [6, 6.07) is 5.45. The predicted molar refractivity (Wildman–Crippen MR) is 76.7 cm³/mol. The summed E-state index contributed by atoms with van der Waals surface area (Å²) in [6.45, 7) is 7.09. The number of nitrogens with two attached hydrogens (primary N) is 1. The van der Waals surface area contributed by atoms with Crippen LogP contribution in [0.2, 0.25) is 0 Å². The van der Waals surface area contributed by atoms with Crippen LogP contribution >= 0.6 is 0 Å². The summed E-state index contributed by atoms with van der Waals surface area (Å²) < 4.78 is 23.3. The van der Waals surface area contributed by atoms with E-state index in [2.05, 4.69) is 25.7 Å². The highest BCUT2D eigenvalue weighted by molar-refractivity contribution is 7.90. The summed E-state index contributed by atoms with van der Waals surface area (Å²) in [5.74, 6) is 0. The van der Waals surface area contributed by atoms with Gasteiger partial charge in [0.05, 0.1) is 16.3 Å². The first kappa shape index (κ1) is 14.8. The third kappa shape index (κ3) is 3.16. The molecule has 0 bridgehead atoms. The zero-order chi connectivity index (χ0) is 13.9. The molecule has 0 atom stereocenters. The number of nitrogen functional groups attached to an aromatic ring is 1. The Morgan fingerprint density at radius 2 is 1.94 bits per heavy atom. The molecule has 0 aliphatic carbocycles. The summed E-state index contributed by atoms with van der Waals surface area (Å²) >= 11 is 0. The van der Waals surface area contributed by atoms with Gasteiger partial charge in [0.1, 0.15) is 0 Å². The van der Waals surface area contributed by atoms with Crippen LogP contribution in [0.3, 0.4) is 0 Å². The van der Waals surface area contributed by atoms with Crippen molar-refractivity contribution in [1.82, 2.24) is 0 Å². The van der Waals surface area contributed by atoms with Crippen LogP contribution in [0.5, 0.6) is 0 Å². The molecule has 0 radical (unpaired) electrons. The third-order valence-electron chi connectivity index (χ3n) is 2.84. The molecule has 0 saturated heterocycles. The molecule has 0 aliphatic rings. The van der Waals surface area contributed by atoms with Crippen LogP contribution < -0.4 is 10.6 Å². The smallest absolute Gasteiger partial charge is 0.177 e. The molecule has 1 aromatic rings. The lowest BCUT2D eigenvalue weighted by molar-refractivity contribution is 0.602. The second-order valence-corrected chi connectivity index (χ2v) is 6.73. The quantitative estimate of drug-likeness (QED) is 0.834. The minimum Gasteiger partial charge on any atom is -0.396 e. The lowest BCUT2D eigenvalue weighted by atomic mass is 10.2. The second-order valence-electron chi connectivity index (χ2n) is 4.75. The molecule has 0 fully saturated rings. The number of anilines is 2. The zero-order valence-corrected chi connectivity index (χ0v) is 12.3. The van der Waals surface area contributed by atoms with Gasteiger partial charge in [0.2, 0.25) is 0 Å². The van der Waals surface area contributed by atoms with Crippen LogP contribution in [0.25, 0.3) is 0 Å². The van der Waals surface area contributed by atoms with Crippen molar-refractivity contribution in [1.29, 1.82) is 0 Å². The Labute approximate surface area is 110 Å². The van der Waals surface area contributed by atoms with Gasteiger partial charge in [0.25, 0.3) is 0 Å². The van der Waals surface area contributed by atoms with Gasteiger partial charge in [-0.3, -0.25) is 0 Å². The molecule has 0 unspecified atom stereocenters. The van der Waals surface area contributed by atoms with E-state index >= 15 is 0 Å². The summed E-state index contributed by atoms with van der Waals surface area (Å²) in [7, 11) is -3.28. The monoisotopic (exact) mass is 270 g/mol. The molecule has 5 heteroatoms. The van der Waals surface area contributed by atoms with E-state index in [1.54, 1.807) is 12.1 Å². The van der Waals surface area contributed by atoms with Crippen molar-refractivity contribution in [3.8, 4) is 0 Å². The highest BCUT2D eigenvalue weighted by Gasteiger charge is 2.18. The molecule has 0 aliphatic heterocycles. The van der Waals surface area contributed by atoms with E-state index in [0.29, 0.717) is 5.69 Å². The van der Waals surface area contributed by atoms with Gasteiger partial charge >= 0.3 is 0 Å². The van der Waals surface area contributed by atoms with Gasteiger partial charge in [-0.1, -0.05) is 13.0 Å². The lowest BCUT2D eigenvalue weighted by Gasteiger charge is -2.30. The van der Waals surface area contributed by atoms with Crippen molar-refractivity contribution in [2.75, 3.05) is 23.4 Å². The Balaban J connectivity index is 3.33. The van der Waals surface area contributed by atoms with E-state index in [1.807, 2.05) is 6.07 Å². The predicted octanol–water partition coefficient (Wildman–Crippen LogP) is 2.30. The molecule has 0 aromatic heterocycles. The highest BCUT2D eigenvalue weighted by Crippen LogP contribution is 2.31. The maximum absolute atomic E-state index is 11.7. The Bertz CT molecular complexity index is 510. The van der Waals surface area contributed by atoms with Crippen molar-refractivity contribution >= 4 is 21.2 Å². The van der Waals surface area contributed by atoms with Crippen LogP contribution in [-0.4, -0.2) is 27.3 Å². The standard InChI is InChI=1S/C13H22N2O2S/c1-5-9-15(10(2)3)11-7-6-8-12(13(11)14)18(4,16)17/h6-8,10H,5,9,14H2,1-4H3. The van der Waals surface area contributed by atoms with Crippen LogP contribution in [0.15, 0.2) is 23.1 Å². The van der Waals surface area contributed by atoms with Gasteiger partial charge in [-0.25, -0.2) is 8.42 Å². The minimum absolute atomic E-state index is 0.210. The van der Waals surface area contributed by atoms with Crippen molar-refractivity contribution in [3.05, 3.63) is 18.2 Å². The molecule has 2 N–H and O–H groups in total. The summed E-state index contributed by atoms with van der Waals surface area (Å²) in [5, 5.41) is 0. The van der Waals surface area contributed by atoms with Crippen LogP contribution in [0.1, 0.15) is 27.2 Å². The van der Waals surface area contributed by atoms with Crippen molar-refractivity contribution < 1.29 is 8.42 Å². The highest BCUT2D eigenvalue weighted by atomic mass is 32.2. The van der Waals surface area contributed by atoms with Crippen molar-refractivity contribution in [2.24, 2.45) is 0 Å². The first-order valence-electron chi connectivity index (χ1n) is 6.14. The normalized spacial score (nSPS) is 11.8. The van der Waals surface area contributed by atoms with E-state index in [9.17, 15) is 8.42 Å². The molecule has 18 heavy (non-hydrogen) atoms. The molecule has 1 aromatic carbocycles. The molecule has 4 nitrogen and oxygen atoms in total. The molecule has 0 amide bonds. The molecular formula is C13H22N2O2S. The van der Waals surface area contributed by atoms with Gasteiger partial charge in [-0.15, -0.1) is 0 Å². The number of sulfone groups is 1. The average molecular weight is 270 g/mol. The van der Waals surface area contributed by atoms with Crippen LogP contribution in [0.4, 0.5) is 11.4 Å². The minimum atomic E-state index is -3.28. The first-order chi connectivity index (χ1) is 8.29. The SMILES string of the molecule is CCCN(c1cccc(S(C)(=O)=O)c1N)C(C)C. The molecule has 0 saturated carbocycles. The number of rotatable bonds is 5. The van der Waals surface area contributed by atoms with Gasteiger partial charge in [-0.2, -0.15) is 0 Å². The molecule has 0 heterocycles. The van der Waals surface area contributed by atoms with Crippen LogP contribution in [-0.2, 0) is 9.84 Å². The lowest BCUT2D eigenvalue weighted by Crippen LogP contribution is -2.32. The fraction of sp³-hybridized carbons (Fsp3) is 0.538. The fourth-order valence-electron chi connectivity index (χ4n) is 2.00. The van der Waals surface area contributed by atoms with Gasteiger partial charge in [0.15, 0.2) is 9.84 Å². The Morgan fingerprint density at radius 3 is 2.39 bits per heavy atom. The largest absolute Gasteiger partial charge is 0.396 e. The fourth-order valence-corrected chi connectivity index (χ4v) is 2.83. The second kappa shape index (κ2) is 5.61. The number of hydrogen-bond donors (Lipinski definition) is 1. The van der Waals surface area contributed by atoms with Crippen molar-refractivity contribution in [3.63, 3.8) is 0 Å². The number of nitrogens with zero attached hydrogens (tertiary/aromatic N) is 1. The van der Waals surface area contributed by atoms with E-state index < -0.39 is 9.84 Å². The number of benzene rings is 1. The summed E-state index contributed by atoms with van der Waals surface area (Å²) in [5.41, 5.74) is 7.17. The summed E-state index contributed by atoms with van der Waals surface area (Å²) in [4.78, 5) is 2.34. The van der Waals surface area contributed by atoms with Gasteiger partial charge in [-0.05, 0) is 32.4 Å². The molecular weight excluding hydrogens is 248 g/mol. The van der Waals surface area contributed by atoms with E-state index in [-0.39, 0.29) is 10.9 Å². The molecule has 1 rings (SSSR count). The maximum atomic E-state index is 11.7. The topological polar surface area (TPSA) is 63.4 Å². The molecule has 0 spiro atoms. The van der Waals surface area contributed by atoms with Crippen LogP contribution in [0, 0.1) is 0 Å².